The van der Waals surface area contributed by atoms with Crippen LogP contribution in [0.4, 0.5) is 0 Å². The Balaban J connectivity index is 2.41. The zero-order chi connectivity index (χ0) is 12.5. The van der Waals surface area contributed by atoms with E-state index in [-0.39, 0.29) is 12.6 Å². The zero-order valence-electron chi connectivity index (χ0n) is 9.56. The average molecular weight is 270 g/mol. The second-order valence-corrected chi connectivity index (χ2v) is 5.00. The Bertz CT molecular complexity index is 415. The summed E-state index contributed by atoms with van der Waals surface area (Å²) in [5, 5.41) is 10.6. The number of thiophene rings is 1. The first-order valence-electron chi connectivity index (χ1n) is 5.17. The molecule has 1 aromatic heterocycles. The van der Waals surface area contributed by atoms with E-state index in [4.69, 9.17) is 9.84 Å². The van der Waals surface area contributed by atoms with Gasteiger partial charge in [-0.1, -0.05) is 11.8 Å². The van der Waals surface area contributed by atoms with Crippen molar-refractivity contribution < 1.29 is 14.6 Å². The molecular weight excluding hydrogens is 256 g/mol. The van der Waals surface area contributed by atoms with Crippen LogP contribution in [0.5, 0.6) is 0 Å². The molecule has 0 bridgehead atoms. The molecule has 0 aromatic carbocycles. The van der Waals surface area contributed by atoms with Gasteiger partial charge in [0.05, 0.1) is 12.4 Å². The second-order valence-electron chi connectivity index (χ2n) is 3.02. The highest BCUT2D eigenvalue weighted by Gasteiger charge is 2.05. The van der Waals surface area contributed by atoms with Crippen LogP contribution in [0.25, 0.3) is 0 Å². The number of thioether (sulfide) groups is 1. The lowest BCUT2D eigenvalue weighted by Crippen LogP contribution is -2.06. The van der Waals surface area contributed by atoms with E-state index < -0.39 is 0 Å². The Labute approximate surface area is 109 Å². The molecule has 5 heteroatoms. The normalized spacial score (nSPS) is 9.53. The number of carbonyl (C=O) groups is 1. The third-order valence-electron chi connectivity index (χ3n) is 1.81. The monoisotopic (exact) mass is 270 g/mol. The number of hydrogen-bond acceptors (Lipinski definition) is 5. The van der Waals surface area contributed by atoms with Gasteiger partial charge in [-0.05, 0) is 18.4 Å². The summed E-state index contributed by atoms with van der Waals surface area (Å²) in [6.07, 6.45) is 0. The first-order valence-corrected chi connectivity index (χ1v) is 7.20. The molecular formula is C12H14O3S2. The van der Waals surface area contributed by atoms with E-state index in [1.54, 1.807) is 18.3 Å². The minimum atomic E-state index is -0.183. The van der Waals surface area contributed by atoms with Gasteiger partial charge < -0.3 is 9.84 Å². The first kappa shape index (κ1) is 14.1. The SMILES string of the molecule is CCOC(=O)CSCc1sccc1C#CCO. The topological polar surface area (TPSA) is 46.5 Å². The van der Waals surface area contributed by atoms with Crippen LogP contribution < -0.4 is 0 Å². The summed E-state index contributed by atoms with van der Waals surface area (Å²) in [5.74, 6) is 6.43. The number of hydrogen-bond donors (Lipinski definition) is 1. The van der Waals surface area contributed by atoms with Gasteiger partial charge in [0.1, 0.15) is 6.61 Å². The van der Waals surface area contributed by atoms with Crippen molar-refractivity contribution in [2.75, 3.05) is 19.0 Å². The van der Waals surface area contributed by atoms with Crippen molar-refractivity contribution in [1.82, 2.24) is 0 Å². The van der Waals surface area contributed by atoms with E-state index in [1.165, 1.54) is 11.8 Å². The van der Waals surface area contributed by atoms with Crippen molar-refractivity contribution in [3.05, 3.63) is 21.9 Å². The number of aliphatic hydroxyl groups excluding tert-OH is 1. The molecule has 0 unspecified atom stereocenters. The third kappa shape index (κ3) is 5.26. The van der Waals surface area contributed by atoms with Crippen LogP contribution >= 0.6 is 23.1 Å². The van der Waals surface area contributed by atoms with Crippen LogP contribution in [-0.2, 0) is 15.3 Å². The van der Waals surface area contributed by atoms with Crippen LogP contribution in [0.1, 0.15) is 17.4 Å². The largest absolute Gasteiger partial charge is 0.465 e. The van der Waals surface area contributed by atoms with E-state index in [2.05, 4.69) is 11.8 Å². The molecule has 0 aliphatic carbocycles. The van der Waals surface area contributed by atoms with Gasteiger partial charge in [0, 0.05) is 16.2 Å². The molecule has 0 saturated heterocycles. The van der Waals surface area contributed by atoms with Crippen LogP contribution in [-0.4, -0.2) is 30.0 Å². The van der Waals surface area contributed by atoms with Crippen LogP contribution in [0, 0.1) is 11.8 Å². The minimum absolute atomic E-state index is 0.134. The molecule has 0 atom stereocenters. The summed E-state index contributed by atoms with van der Waals surface area (Å²) in [4.78, 5) is 12.3. The standard InChI is InChI=1S/C12H14O3S2/c1-2-15-12(14)9-16-8-11-10(4-3-6-13)5-7-17-11/h5,7,13H,2,6,8-9H2,1H3. The van der Waals surface area contributed by atoms with E-state index >= 15 is 0 Å². The summed E-state index contributed by atoms with van der Waals surface area (Å²) in [6, 6.07) is 1.92. The second kappa shape index (κ2) is 8.18. The Morgan fingerprint density at radius 1 is 1.65 bits per heavy atom. The Morgan fingerprint density at radius 3 is 3.18 bits per heavy atom. The number of carbonyl (C=O) groups excluding carboxylic acids is 1. The average Bonchev–Trinajstić information content (AvgIpc) is 2.74. The van der Waals surface area contributed by atoms with E-state index in [9.17, 15) is 4.79 Å². The van der Waals surface area contributed by atoms with Crippen molar-refractivity contribution in [3.8, 4) is 11.8 Å². The maximum absolute atomic E-state index is 11.1. The lowest BCUT2D eigenvalue weighted by Gasteiger charge is -2.01. The summed E-state index contributed by atoms with van der Waals surface area (Å²) < 4.78 is 4.84. The third-order valence-corrected chi connectivity index (χ3v) is 3.84. The Morgan fingerprint density at radius 2 is 2.47 bits per heavy atom. The maximum Gasteiger partial charge on any atom is 0.315 e. The number of rotatable bonds is 5. The highest BCUT2D eigenvalue weighted by atomic mass is 32.2. The maximum atomic E-state index is 11.1. The van der Waals surface area contributed by atoms with E-state index in [1.807, 2.05) is 11.4 Å². The van der Waals surface area contributed by atoms with E-state index in [0.29, 0.717) is 12.4 Å². The van der Waals surface area contributed by atoms with Crippen molar-refractivity contribution in [1.29, 1.82) is 0 Å². The molecule has 92 valence electrons. The van der Waals surface area contributed by atoms with Crippen molar-refractivity contribution in [2.24, 2.45) is 0 Å². The van der Waals surface area contributed by atoms with Gasteiger partial charge in [0.15, 0.2) is 0 Å². The molecule has 0 radical (unpaired) electrons. The van der Waals surface area contributed by atoms with Crippen LogP contribution in [0.3, 0.4) is 0 Å². The first-order chi connectivity index (χ1) is 8.27. The number of ether oxygens (including phenoxy) is 1. The Hall–Kier alpha value is -0.960. The summed E-state index contributed by atoms with van der Waals surface area (Å²) in [7, 11) is 0. The van der Waals surface area contributed by atoms with Gasteiger partial charge in [0.25, 0.3) is 0 Å². The molecule has 0 fully saturated rings. The van der Waals surface area contributed by atoms with Crippen molar-refractivity contribution in [3.63, 3.8) is 0 Å². The molecule has 0 amide bonds. The predicted molar refractivity (Wildman–Crippen MR) is 71.1 cm³/mol. The Kier molecular flexibility index (Phi) is 6.78. The zero-order valence-corrected chi connectivity index (χ0v) is 11.2. The highest BCUT2D eigenvalue weighted by Crippen LogP contribution is 2.21. The fourth-order valence-corrected chi connectivity index (χ4v) is 2.96. The number of esters is 1. The fourth-order valence-electron chi connectivity index (χ4n) is 1.13. The van der Waals surface area contributed by atoms with Gasteiger partial charge in [0.2, 0.25) is 0 Å². The molecule has 0 spiro atoms. The molecule has 1 heterocycles. The fraction of sp³-hybridized carbons (Fsp3) is 0.417. The molecule has 1 N–H and O–H groups in total. The molecule has 17 heavy (non-hydrogen) atoms. The van der Waals surface area contributed by atoms with E-state index in [0.717, 1.165) is 16.2 Å². The summed E-state index contributed by atoms with van der Waals surface area (Å²) in [6.45, 7) is 2.08. The predicted octanol–water partition coefficient (Wildman–Crippen LogP) is 1.89. The van der Waals surface area contributed by atoms with Crippen molar-refractivity contribution in [2.45, 2.75) is 12.7 Å². The lowest BCUT2D eigenvalue weighted by atomic mass is 10.3. The van der Waals surface area contributed by atoms with Gasteiger partial charge in [-0.2, -0.15) is 0 Å². The molecule has 3 nitrogen and oxygen atoms in total. The quantitative estimate of drug-likeness (QED) is 0.655. The summed E-state index contributed by atoms with van der Waals surface area (Å²) >= 11 is 3.12. The lowest BCUT2D eigenvalue weighted by molar-refractivity contribution is -0.139. The molecule has 1 aromatic rings. The molecule has 1 rings (SSSR count). The molecule has 0 aliphatic heterocycles. The van der Waals surface area contributed by atoms with Crippen molar-refractivity contribution >= 4 is 29.1 Å². The van der Waals surface area contributed by atoms with Crippen LogP contribution in [0.15, 0.2) is 11.4 Å². The smallest absolute Gasteiger partial charge is 0.315 e. The molecule has 0 saturated carbocycles. The minimum Gasteiger partial charge on any atom is -0.465 e. The summed E-state index contributed by atoms with van der Waals surface area (Å²) in [5.41, 5.74) is 0.931. The highest BCUT2D eigenvalue weighted by molar-refractivity contribution is 7.99. The van der Waals surface area contributed by atoms with Gasteiger partial charge >= 0.3 is 5.97 Å². The van der Waals surface area contributed by atoms with Gasteiger partial charge in [-0.3, -0.25) is 4.79 Å². The number of aliphatic hydroxyl groups is 1. The van der Waals surface area contributed by atoms with Crippen LogP contribution in [0.2, 0.25) is 0 Å². The van der Waals surface area contributed by atoms with Gasteiger partial charge in [-0.15, -0.1) is 23.1 Å². The molecule has 0 aliphatic rings. The van der Waals surface area contributed by atoms with Gasteiger partial charge in [-0.25, -0.2) is 0 Å².